The molecule has 0 bridgehead atoms. The highest BCUT2D eigenvalue weighted by atomic mass is 16.3. The van der Waals surface area contributed by atoms with Crippen molar-refractivity contribution in [2.75, 3.05) is 19.6 Å². The minimum atomic E-state index is -0.178. The first-order chi connectivity index (χ1) is 16.0. The second kappa shape index (κ2) is 9.38. The van der Waals surface area contributed by atoms with Gasteiger partial charge in [-0.15, -0.1) is 6.58 Å². The monoisotopic (exact) mass is 451 g/mol. The third-order valence-corrected chi connectivity index (χ3v) is 10.4. The Labute approximate surface area is 201 Å². The summed E-state index contributed by atoms with van der Waals surface area (Å²) in [4.78, 5) is 2.66. The predicted molar refractivity (Wildman–Crippen MR) is 136 cm³/mol. The van der Waals surface area contributed by atoms with Gasteiger partial charge in [-0.25, -0.2) is 0 Å². The summed E-state index contributed by atoms with van der Waals surface area (Å²) >= 11 is 0. The average molecular weight is 452 g/mol. The van der Waals surface area contributed by atoms with E-state index < -0.39 is 0 Å². The Bertz CT molecular complexity index is 846. The van der Waals surface area contributed by atoms with Gasteiger partial charge in [0.2, 0.25) is 0 Å². The molecule has 3 fully saturated rings. The molecule has 4 aliphatic rings. The van der Waals surface area contributed by atoms with Gasteiger partial charge < -0.3 is 15.1 Å². The second-order valence-corrected chi connectivity index (χ2v) is 12.0. The van der Waals surface area contributed by atoms with Gasteiger partial charge in [0.1, 0.15) is 5.75 Å². The molecule has 33 heavy (non-hydrogen) atoms. The molecule has 2 N–H and O–H groups in total. The van der Waals surface area contributed by atoms with Crippen molar-refractivity contribution in [2.45, 2.75) is 96.0 Å². The smallest absolute Gasteiger partial charge is 0.115 e. The van der Waals surface area contributed by atoms with Crippen LogP contribution in [-0.4, -0.2) is 40.9 Å². The number of rotatable bonds is 7. The van der Waals surface area contributed by atoms with Gasteiger partial charge in [0.15, 0.2) is 0 Å². The van der Waals surface area contributed by atoms with Crippen molar-refractivity contribution < 1.29 is 10.2 Å². The highest BCUT2D eigenvalue weighted by Crippen LogP contribution is 2.69. The van der Waals surface area contributed by atoms with E-state index in [0.717, 1.165) is 32.1 Å². The Kier molecular flexibility index (Phi) is 6.66. The van der Waals surface area contributed by atoms with Gasteiger partial charge in [-0.2, -0.15) is 0 Å². The van der Waals surface area contributed by atoms with Crippen LogP contribution < -0.4 is 0 Å². The number of unbranched alkanes of at least 4 members (excludes halogenated alkanes) is 2. The SMILES string of the molecule is C=C[C@@]12CCc3cc(O)ccc3[C@H]1[C@@H](CCCCCN1CCCCC1)C[C@@]1(C)[C@H]2CC[C@@H]1O. The molecule has 1 heterocycles. The van der Waals surface area contributed by atoms with Gasteiger partial charge in [0, 0.05) is 0 Å². The van der Waals surface area contributed by atoms with Crippen molar-refractivity contribution >= 4 is 0 Å². The summed E-state index contributed by atoms with van der Waals surface area (Å²) in [5.74, 6) is 1.96. The van der Waals surface area contributed by atoms with E-state index >= 15 is 0 Å². The summed E-state index contributed by atoms with van der Waals surface area (Å²) in [5.41, 5.74) is 2.89. The van der Waals surface area contributed by atoms with E-state index in [1.165, 1.54) is 75.7 Å². The van der Waals surface area contributed by atoms with Gasteiger partial charge in [-0.05, 0) is 129 Å². The van der Waals surface area contributed by atoms with Gasteiger partial charge >= 0.3 is 0 Å². The molecule has 182 valence electrons. The van der Waals surface area contributed by atoms with E-state index in [1.54, 1.807) is 0 Å². The van der Waals surface area contributed by atoms with Crippen LogP contribution in [0.2, 0.25) is 0 Å². The zero-order valence-corrected chi connectivity index (χ0v) is 20.8. The first kappa shape index (κ1) is 23.4. The number of aliphatic hydroxyl groups excluding tert-OH is 1. The molecular formula is C30H45NO2. The first-order valence-corrected chi connectivity index (χ1v) is 13.8. The van der Waals surface area contributed by atoms with Crippen molar-refractivity contribution in [1.82, 2.24) is 4.90 Å². The maximum atomic E-state index is 11.1. The number of aryl methyl sites for hydroxylation is 1. The lowest BCUT2D eigenvalue weighted by Crippen LogP contribution is -2.54. The number of allylic oxidation sites excluding steroid dienone is 1. The fourth-order valence-corrected chi connectivity index (χ4v) is 8.79. The van der Waals surface area contributed by atoms with Crippen molar-refractivity contribution in [3.63, 3.8) is 0 Å². The lowest BCUT2D eigenvalue weighted by molar-refractivity contribution is -0.0812. The van der Waals surface area contributed by atoms with Crippen molar-refractivity contribution in [2.24, 2.45) is 22.7 Å². The van der Waals surface area contributed by atoms with E-state index in [9.17, 15) is 10.2 Å². The molecule has 5 rings (SSSR count). The van der Waals surface area contributed by atoms with Crippen LogP contribution in [-0.2, 0) is 6.42 Å². The molecule has 0 aromatic heterocycles. The van der Waals surface area contributed by atoms with Crippen LogP contribution in [0.4, 0.5) is 0 Å². The summed E-state index contributed by atoms with van der Waals surface area (Å²) in [6.07, 6.45) is 16.8. The van der Waals surface area contributed by atoms with E-state index in [-0.39, 0.29) is 16.9 Å². The molecule has 0 radical (unpaired) electrons. The predicted octanol–water partition coefficient (Wildman–Crippen LogP) is 6.44. The molecule has 1 aromatic carbocycles. The summed E-state index contributed by atoms with van der Waals surface area (Å²) in [5, 5.41) is 21.3. The number of aliphatic hydroxyl groups is 1. The number of hydrogen-bond donors (Lipinski definition) is 2. The van der Waals surface area contributed by atoms with Gasteiger partial charge in [-0.1, -0.05) is 38.3 Å². The van der Waals surface area contributed by atoms with Gasteiger partial charge in [0.05, 0.1) is 6.10 Å². The summed E-state index contributed by atoms with van der Waals surface area (Å²) in [6.45, 7) is 10.7. The van der Waals surface area contributed by atoms with Gasteiger partial charge in [0.25, 0.3) is 0 Å². The maximum Gasteiger partial charge on any atom is 0.115 e. The number of phenolic OH excluding ortho intramolecular Hbond substituents is 1. The lowest BCUT2D eigenvalue weighted by Gasteiger charge is -2.60. The van der Waals surface area contributed by atoms with Crippen LogP contribution in [0.15, 0.2) is 30.9 Å². The number of fused-ring (bicyclic) bond motifs is 5. The van der Waals surface area contributed by atoms with Crippen LogP contribution in [0.3, 0.4) is 0 Å². The van der Waals surface area contributed by atoms with Crippen molar-refractivity contribution in [3.8, 4) is 5.75 Å². The standard InChI is InChI=1S/C30H45NO2/c1-3-30-16-15-22-20-24(32)11-12-25(22)28(30)23(21-29(2)26(30)13-14-27(29)33)10-6-4-7-17-31-18-8-5-9-19-31/h3,11-12,20,23,26-28,32-33H,1,4-10,13-19,21H2,2H3/t23-,26+,27-,28+,29-,30-/m0/s1. The van der Waals surface area contributed by atoms with Crippen LogP contribution in [0.25, 0.3) is 0 Å². The second-order valence-electron chi connectivity index (χ2n) is 12.0. The van der Waals surface area contributed by atoms with E-state index in [2.05, 4.69) is 30.5 Å². The average Bonchev–Trinajstić information content (AvgIpc) is 3.13. The number of likely N-dealkylation sites (tertiary alicyclic amines) is 1. The number of phenols is 1. The number of piperidine rings is 1. The zero-order valence-electron chi connectivity index (χ0n) is 20.8. The van der Waals surface area contributed by atoms with E-state index in [1.807, 2.05) is 12.1 Å². The fraction of sp³-hybridized carbons (Fsp3) is 0.733. The minimum absolute atomic E-state index is 0.0115. The Morgan fingerprint density at radius 1 is 1.12 bits per heavy atom. The van der Waals surface area contributed by atoms with Crippen molar-refractivity contribution in [1.29, 1.82) is 0 Å². The zero-order chi connectivity index (χ0) is 23.1. The first-order valence-electron chi connectivity index (χ1n) is 13.8. The highest BCUT2D eigenvalue weighted by Gasteiger charge is 2.63. The minimum Gasteiger partial charge on any atom is -0.508 e. The molecule has 6 atom stereocenters. The van der Waals surface area contributed by atoms with Crippen LogP contribution >= 0.6 is 0 Å². The number of aromatic hydroxyl groups is 1. The normalized spacial score (nSPS) is 38.4. The molecule has 0 spiro atoms. The largest absolute Gasteiger partial charge is 0.508 e. The Hall–Kier alpha value is -1.32. The molecule has 2 saturated carbocycles. The van der Waals surface area contributed by atoms with Gasteiger partial charge in [-0.3, -0.25) is 0 Å². The highest BCUT2D eigenvalue weighted by molar-refractivity contribution is 5.43. The number of hydrogen-bond acceptors (Lipinski definition) is 3. The fourth-order valence-electron chi connectivity index (χ4n) is 8.79. The quantitative estimate of drug-likeness (QED) is 0.370. The molecule has 1 aromatic rings. The summed E-state index contributed by atoms with van der Waals surface area (Å²) in [6, 6.07) is 6.12. The topological polar surface area (TPSA) is 43.7 Å². The molecule has 0 amide bonds. The van der Waals surface area contributed by atoms with E-state index in [0.29, 0.717) is 23.5 Å². The van der Waals surface area contributed by atoms with Crippen molar-refractivity contribution in [3.05, 3.63) is 42.0 Å². The van der Waals surface area contributed by atoms with Crippen LogP contribution in [0.5, 0.6) is 5.75 Å². The Morgan fingerprint density at radius 3 is 2.73 bits per heavy atom. The summed E-state index contributed by atoms with van der Waals surface area (Å²) < 4.78 is 0. The number of nitrogens with zero attached hydrogens (tertiary/aromatic N) is 1. The third-order valence-electron chi connectivity index (χ3n) is 10.4. The Morgan fingerprint density at radius 2 is 1.94 bits per heavy atom. The molecular weight excluding hydrogens is 406 g/mol. The van der Waals surface area contributed by atoms with Crippen LogP contribution in [0, 0.1) is 22.7 Å². The molecule has 1 aliphatic heterocycles. The molecule has 1 saturated heterocycles. The molecule has 0 unspecified atom stereocenters. The Balaban J connectivity index is 1.36. The molecule has 3 aliphatic carbocycles. The van der Waals surface area contributed by atoms with Crippen LogP contribution in [0.1, 0.15) is 94.6 Å². The molecule has 3 heteroatoms. The molecule has 3 nitrogen and oxygen atoms in total. The maximum absolute atomic E-state index is 11.1. The summed E-state index contributed by atoms with van der Waals surface area (Å²) in [7, 11) is 0. The lowest BCUT2D eigenvalue weighted by atomic mass is 9.44. The number of benzene rings is 1. The van der Waals surface area contributed by atoms with E-state index in [4.69, 9.17) is 0 Å². The third kappa shape index (κ3) is 4.08.